The lowest BCUT2D eigenvalue weighted by Gasteiger charge is -2.17. The van der Waals surface area contributed by atoms with E-state index in [1.54, 1.807) is 0 Å². The molecule has 0 bridgehead atoms. The average Bonchev–Trinajstić information content (AvgIpc) is 2.67. The Kier molecular flexibility index (Phi) is 5.18. The van der Waals surface area contributed by atoms with Gasteiger partial charge in [-0.05, 0) is 18.2 Å². The molecular weight excluding hydrogens is 337 g/mol. The summed E-state index contributed by atoms with van der Waals surface area (Å²) < 4.78 is 13.2. The largest absolute Gasteiger partial charge is 0.481 e. The summed E-state index contributed by atoms with van der Waals surface area (Å²) in [6, 6.07) is 4.26. The third-order valence-electron chi connectivity index (χ3n) is 2.81. The van der Waals surface area contributed by atoms with Crippen molar-refractivity contribution >= 4 is 53.9 Å². The van der Waals surface area contributed by atoms with Crippen molar-refractivity contribution in [1.29, 1.82) is 0 Å². The van der Waals surface area contributed by atoms with Gasteiger partial charge in [-0.25, -0.2) is 4.39 Å². The van der Waals surface area contributed by atoms with Crippen LogP contribution in [0, 0.1) is 5.82 Å². The lowest BCUT2D eigenvalue weighted by molar-refractivity contribution is -0.137. The molecule has 1 aliphatic rings. The summed E-state index contributed by atoms with van der Waals surface area (Å²) in [7, 11) is 0. The number of amides is 1. The molecule has 1 unspecified atom stereocenters. The van der Waals surface area contributed by atoms with Gasteiger partial charge in [-0.2, -0.15) is 0 Å². The summed E-state index contributed by atoms with van der Waals surface area (Å²) in [5, 5.41) is 8.87. The van der Waals surface area contributed by atoms with E-state index in [-0.39, 0.29) is 34.4 Å². The molecule has 112 valence electrons. The molecule has 1 heterocycles. The van der Waals surface area contributed by atoms with Gasteiger partial charge in [0.25, 0.3) is 5.91 Å². The molecule has 1 saturated heterocycles. The first-order valence-corrected chi connectivity index (χ1v) is 7.70. The predicted octanol–water partition coefficient (Wildman–Crippen LogP) is 3.08. The minimum Gasteiger partial charge on any atom is -0.481 e. The number of aliphatic carboxylic acids is 1. The van der Waals surface area contributed by atoms with E-state index in [4.69, 9.17) is 16.7 Å². The lowest BCUT2D eigenvalue weighted by Crippen LogP contribution is -2.31. The van der Waals surface area contributed by atoms with Gasteiger partial charge >= 0.3 is 5.97 Å². The van der Waals surface area contributed by atoms with E-state index < -0.39 is 16.5 Å². The number of hydrogen-bond donors (Lipinski definition) is 2. The minimum absolute atomic E-state index is 0.0533. The van der Waals surface area contributed by atoms with E-state index in [9.17, 15) is 14.0 Å². The standard InChI is InChI=1S/C13H11ClFNO3S2/c14-8-2-1-3-9(15)7(8)6-10-12(19)16(13(20)21-10)5-4-11(17)18/h1-3,6,13,20H,4-5H2,(H,17,18)/b10-6-. The second-order valence-electron chi connectivity index (χ2n) is 4.23. The number of thiol groups is 1. The van der Waals surface area contributed by atoms with Crippen LogP contribution in [-0.2, 0) is 9.59 Å². The molecule has 1 aliphatic heterocycles. The maximum Gasteiger partial charge on any atom is 0.305 e. The monoisotopic (exact) mass is 347 g/mol. The van der Waals surface area contributed by atoms with E-state index >= 15 is 0 Å². The fourth-order valence-corrected chi connectivity index (χ4v) is 3.51. The smallest absolute Gasteiger partial charge is 0.305 e. The first kappa shape index (κ1) is 16.2. The quantitative estimate of drug-likeness (QED) is 0.649. The number of halogens is 2. The molecule has 0 aromatic heterocycles. The van der Waals surface area contributed by atoms with Crippen molar-refractivity contribution in [1.82, 2.24) is 4.90 Å². The normalized spacial score (nSPS) is 20.3. The van der Waals surface area contributed by atoms with Gasteiger partial charge in [0, 0.05) is 12.1 Å². The van der Waals surface area contributed by atoms with E-state index in [2.05, 4.69) is 12.6 Å². The number of hydrogen-bond acceptors (Lipinski definition) is 4. The summed E-state index contributed by atoms with van der Waals surface area (Å²) in [5.41, 5.74) is 0.135. The molecule has 0 radical (unpaired) electrons. The Morgan fingerprint density at radius 1 is 1.57 bits per heavy atom. The molecular formula is C13H11ClFNO3S2. The van der Waals surface area contributed by atoms with Crippen molar-refractivity contribution in [2.24, 2.45) is 0 Å². The number of thioether (sulfide) groups is 1. The Balaban J connectivity index is 2.24. The van der Waals surface area contributed by atoms with Crippen LogP contribution in [0.5, 0.6) is 0 Å². The molecule has 21 heavy (non-hydrogen) atoms. The summed E-state index contributed by atoms with van der Waals surface area (Å²) >= 11 is 11.3. The molecule has 1 fully saturated rings. The molecule has 1 aromatic carbocycles. The molecule has 1 aromatic rings. The Labute approximate surface area is 135 Å². The van der Waals surface area contributed by atoms with Gasteiger partial charge in [-0.1, -0.05) is 29.4 Å². The summed E-state index contributed by atoms with van der Waals surface area (Å²) in [4.78, 5) is 24.4. The van der Waals surface area contributed by atoms with Gasteiger partial charge in [0.2, 0.25) is 0 Å². The minimum atomic E-state index is -0.997. The maximum atomic E-state index is 13.7. The van der Waals surface area contributed by atoms with Crippen LogP contribution in [0.25, 0.3) is 6.08 Å². The molecule has 2 rings (SSSR count). The number of carbonyl (C=O) groups excluding carboxylic acids is 1. The average molecular weight is 348 g/mol. The Hall–Kier alpha value is -1.18. The van der Waals surface area contributed by atoms with Crippen molar-refractivity contribution in [3.05, 3.63) is 39.5 Å². The van der Waals surface area contributed by atoms with Gasteiger partial charge in [-0.3, -0.25) is 9.59 Å². The third-order valence-corrected chi connectivity index (χ3v) is 4.75. The molecule has 0 spiro atoms. The number of carboxylic acids is 1. The first-order chi connectivity index (χ1) is 9.90. The molecule has 1 atom stereocenters. The molecule has 0 saturated carbocycles. The summed E-state index contributed by atoms with van der Waals surface area (Å²) in [5.74, 6) is -1.90. The number of carbonyl (C=O) groups is 2. The lowest BCUT2D eigenvalue weighted by atomic mass is 10.2. The Morgan fingerprint density at radius 2 is 2.29 bits per heavy atom. The fourth-order valence-electron chi connectivity index (χ4n) is 1.77. The highest BCUT2D eigenvalue weighted by Gasteiger charge is 2.34. The van der Waals surface area contributed by atoms with Crippen molar-refractivity contribution in [2.45, 2.75) is 11.1 Å². The van der Waals surface area contributed by atoms with Crippen LogP contribution in [0.3, 0.4) is 0 Å². The van der Waals surface area contributed by atoms with Crippen LogP contribution < -0.4 is 0 Å². The second kappa shape index (κ2) is 6.72. The zero-order chi connectivity index (χ0) is 15.6. The number of nitrogens with zero attached hydrogens (tertiary/aromatic N) is 1. The highest BCUT2D eigenvalue weighted by Crippen LogP contribution is 2.39. The van der Waals surface area contributed by atoms with Crippen LogP contribution in [-0.4, -0.2) is 33.1 Å². The van der Waals surface area contributed by atoms with Crippen LogP contribution in [0.1, 0.15) is 12.0 Å². The zero-order valence-corrected chi connectivity index (χ0v) is 13.1. The van der Waals surface area contributed by atoms with Crippen LogP contribution in [0.2, 0.25) is 5.02 Å². The predicted molar refractivity (Wildman–Crippen MR) is 83.7 cm³/mol. The second-order valence-corrected chi connectivity index (χ2v) is 6.60. The van der Waals surface area contributed by atoms with Gasteiger partial charge in [0.1, 0.15) is 10.5 Å². The third kappa shape index (κ3) is 3.72. The van der Waals surface area contributed by atoms with Crippen molar-refractivity contribution in [3.63, 3.8) is 0 Å². The van der Waals surface area contributed by atoms with Crippen molar-refractivity contribution in [3.8, 4) is 0 Å². The summed E-state index contributed by atoms with van der Waals surface area (Å²) in [6.45, 7) is 0.0533. The maximum absolute atomic E-state index is 13.7. The number of rotatable bonds is 4. The summed E-state index contributed by atoms with van der Waals surface area (Å²) in [6.07, 6.45) is 1.20. The van der Waals surface area contributed by atoms with E-state index in [0.29, 0.717) is 0 Å². The zero-order valence-electron chi connectivity index (χ0n) is 10.6. The van der Waals surface area contributed by atoms with Gasteiger partial charge in [0.05, 0.1) is 16.3 Å². The van der Waals surface area contributed by atoms with E-state index in [0.717, 1.165) is 11.8 Å². The molecule has 4 nitrogen and oxygen atoms in total. The Bertz CT molecular complexity index is 603. The van der Waals surface area contributed by atoms with Gasteiger partial charge in [0.15, 0.2) is 0 Å². The number of carboxylic acid groups (broad SMARTS) is 1. The highest BCUT2D eigenvalue weighted by atomic mass is 35.5. The van der Waals surface area contributed by atoms with Crippen LogP contribution in [0.4, 0.5) is 4.39 Å². The fraction of sp³-hybridized carbons (Fsp3) is 0.231. The van der Waals surface area contributed by atoms with E-state index in [1.807, 2.05) is 0 Å². The Morgan fingerprint density at radius 3 is 2.90 bits per heavy atom. The SMILES string of the molecule is O=C(O)CCN1C(=O)/C(=C/c2c(F)cccc2Cl)SC1S. The van der Waals surface area contributed by atoms with E-state index in [1.165, 1.54) is 29.2 Å². The molecule has 1 amide bonds. The van der Waals surface area contributed by atoms with Gasteiger partial charge < -0.3 is 10.0 Å². The topological polar surface area (TPSA) is 57.6 Å². The van der Waals surface area contributed by atoms with Crippen molar-refractivity contribution < 1.29 is 19.1 Å². The van der Waals surface area contributed by atoms with Crippen LogP contribution >= 0.6 is 36.0 Å². The molecule has 1 N–H and O–H groups in total. The van der Waals surface area contributed by atoms with Gasteiger partial charge in [-0.15, -0.1) is 12.6 Å². The molecule has 0 aliphatic carbocycles. The highest BCUT2D eigenvalue weighted by molar-refractivity contribution is 8.14. The first-order valence-electron chi connectivity index (χ1n) is 5.93. The van der Waals surface area contributed by atoms with Crippen molar-refractivity contribution in [2.75, 3.05) is 6.54 Å². The van der Waals surface area contributed by atoms with Crippen LogP contribution in [0.15, 0.2) is 23.1 Å². The number of benzene rings is 1. The molecule has 8 heteroatoms.